The van der Waals surface area contributed by atoms with E-state index in [0.29, 0.717) is 17.7 Å². The Morgan fingerprint density at radius 2 is 2.12 bits per heavy atom. The van der Waals surface area contributed by atoms with Crippen molar-refractivity contribution in [1.82, 2.24) is 10.2 Å². The van der Waals surface area contributed by atoms with Gasteiger partial charge in [-0.1, -0.05) is 12.8 Å². The average molecular weight is 238 g/mol. The van der Waals surface area contributed by atoms with E-state index < -0.39 is 0 Å². The molecule has 3 rings (SSSR count). The Morgan fingerprint density at radius 3 is 2.88 bits per heavy atom. The fourth-order valence-corrected chi connectivity index (χ4v) is 3.88. The highest BCUT2D eigenvalue weighted by Gasteiger charge is 2.42. The van der Waals surface area contributed by atoms with Gasteiger partial charge in [0.1, 0.15) is 0 Å². The van der Waals surface area contributed by atoms with Gasteiger partial charge >= 0.3 is 0 Å². The van der Waals surface area contributed by atoms with Crippen LogP contribution in [0.25, 0.3) is 0 Å². The molecule has 0 aromatic heterocycles. The predicted molar refractivity (Wildman–Crippen MR) is 69.2 cm³/mol. The highest BCUT2D eigenvalue weighted by atomic mass is 16.5. The molecule has 1 spiro atoms. The van der Waals surface area contributed by atoms with Crippen molar-refractivity contribution in [2.75, 3.05) is 26.2 Å². The fourth-order valence-electron chi connectivity index (χ4n) is 3.88. The van der Waals surface area contributed by atoms with Crippen LogP contribution in [0.5, 0.6) is 0 Å². The Bertz CT molecular complexity index is 263. The largest absolute Gasteiger partial charge is 0.370 e. The fraction of sp³-hybridized carbons (Fsp3) is 1.00. The summed E-state index contributed by atoms with van der Waals surface area (Å²) in [6.07, 6.45) is 8.54. The molecule has 3 nitrogen and oxygen atoms in total. The predicted octanol–water partition coefficient (Wildman–Crippen LogP) is 1.77. The molecule has 0 aromatic rings. The Morgan fingerprint density at radius 1 is 1.29 bits per heavy atom. The Hall–Kier alpha value is -0.120. The molecule has 3 fully saturated rings. The maximum Gasteiger partial charge on any atom is 0.0710 e. The van der Waals surface area contributed by atoms with Crippen LogP contribution in [-0.4, -0.2) is 48.8 Å². The standard InChI is InChI=1S/C14H26N2O/c1-12-10-16(9-8-15-12)11-13-4-7-14(17-13)5-2-3-6-14/h12-13,15H,2-11H2,1H3/t12-,13?/m1/s1. The molecule has 17 heavy (non-hydrogen) atoms. The molecule has 98 valence electrons. The lowest BCUT2D eigenvalue weighted by Crippen LogP contribution is -2.51. The lowest BCUT2D eigenvalue weighted by atomic mass is 9.98. The van der Waals surface area contributed by atoms with Crippen LogP contribution in [0.2, 0.25) is 0 Å². The van der Waals surface area contributed by atoms with Crippen molar-refractivity contribution < 1.29 is 4.74 Å². The quantitative estimate of drug-likeness (QED) is 0.793. The zero-order valence-electron chi connectivity index (χ0n) is 11.1. The van der Waals surface area contributed by atoms with E-state index in [2.05, 4.69) is 17.1 Å². The molecule has 1 unspecified atom stereocenters. The summed E-state index contributed by atoms with van der Waals surface area (Å²) < 4.78 is 6.39. The van der Waals surface area contributed by atoms with Gasteiger partial charge in [0.05, 0.1) is 11.7 Å². The maximum atomic E-state index is 6.39. The summed E-state index contributed by atoms with van der Waals surface area (Å²) in [7, 11) is 0. The third kappa shape index (κ3) is 2.67. The molecule has 0 amide bonds. The van der Waals surface area contributed by atoms with Gasteiger partial charge in [-0.2, -0.15) is 0 Å². The first-order valence-electron chi connectivity index (χ1n) is 7.39. The molecule has 0 bridgehead atoms. The minimum absolute atomic E-state index is 0.310. The normalized spacial score (nSPS) is 37.9. The number of piperazine rings is 1. The molecular formula is C14H26N2O. The Labute approximate surface area is 105 Å². The second-order valence-electron chi connectivity index (χ2n) is 6.28. The van der Waals surface area contributed by atoms with Crippen LogP contribution in [-0.2, 0) is 4.74 Å². The van der Waals surface area contributed by atoms with Crippen LogP contribution >= 0.6 is 0 Å². The van der Waals surface area contributed by atoms with E-state index in [1.807, 2.05) is 0 Å². The minimum atomic E-state index is 0.310. The minimum Gasteiger partial charge on any atom is -0.370 e. The van der Waals surface area contributed by atoms with Crippen molar-refractivity contribution in [3.8, 4) is 0 Å². The van der Waals surface area contributed by atoms with E-state index >= 15 is 0 Å². The summed E-state index contributed by atoms with van der Waals surface area (Å²) >= 11 is 0. The lowest BCUT2D eigenvalue weighted by molar-refractivity contribution is -0.0491. The van der Waals surface area contributed by atoms with Crippen molar-refractivity contribution in [3.63, 3.8) is 0 Å². The van der Waals surface area contributed by atoms with Gasteiger partial charge in [-0.3, -0.25) is 4.90 Å². The van der Waals surface area contributed by atoms with Crippen LogP contribution in [0, 0.1) is 0 Å². The van der Waals surface area contributed by atoms with E-state index in [4.69, 9.17) is 4.74 Å². The van der Waals surface area contributed by atoms with E-state index in [1.165, 1.54) is 51.6 Å². The average Bonchev–Trinajstić information content (AvgIpc) is 2.90. The lowest BCUT2D eigenvalue weighted by Gasteiger charge is -2.34. The highest BCUT2D eigenvalue weighted by Crippen LogP contribution is 2.43. The van der Waals surface area contributed by atoms with Crippen LogP contribution < -0.4 is 5.32 Å². The molecular weight excluding hydrogens is 212 g/mol. The molecule has 2 aliphatic heterocycles. The SMILES string of the molecule is C[C@@H]1CN(CC2CCC3(CCCC3)O2)CCN1. The maximum absolute atomic E-state index is 6.39. The number of rotatable bonds is 2. The van der Waals surface area contributed by atoms with Crippen molar-refractivity contribution >= 4 is 0 Å². The number of nitrogens with one attached hydrogen (secondary N) is 1. The molecule has 3 aliphatic rings. The number of ether oxygens (including phenoxy) is 1. The van der Waals surface area contributed by atoms with E-state index in [9.17, 15) is 0 Å². The summed E-state index contributed by atoms with van der Waals surface area (Å²) in [6, 6.07) is 0.644. The first kappa shape index (κ1) is 11.9. The number of hydrogen-bond acceptors (Lipinski definition) is 3. The molecule has 1 aliphatic carbocycles. The van der Waals surface area contributed by atoms with E-state index in [0.717, 1.165) is 13.1 Å². The molecule has 1 saturated carbocycles. The third-order valence-electron chi connectivity index (χ3n) is 4.77. The summed E-state index contributed by atoms with van der Waals surface area (Å²) in [5.41, 5.74) is 0.310. The topological polar surface area (TPSA) is 24.5 Å². The van der Waals surface area contributed by atoms with Crippen molar-refractivity contribution in [1.29, 1.82) is 0 Å². The number of nitrogens with zero attached hydrogens (tertiary/aromatic N) is 1. The van der Waals surface area contributed by atoms with E-state index in [-0.39, 0.29) is 0 Å². The number of hydrogen-bond donors (Lipinski definition) is 1. The van der Waals surface area contributed by atoms with Gasteiger partial charge in [0.25, 0.3) is 0 Å². The first-order chi connectivity index (χ1) is 8.26. The van der Waals surface area contributed by atoms with Gasteiger partial charge in [-0.05, 0) is 32.6 Å². The smallest absolute Gasteiger partial charge is 0.0710 e. The van der Waals surface area contributed by atoms with Gasteiger partial charge in [-0.15, -0.1) is 0 Å². The second kappa shape index (κ2) is 4.87. The zero-order valence-corrected chi connectivity index (χ0v) is 11.1. The van der Waals surface area contributed by atoms with Gasteiger partial charge in [-0.25, -0.2) is 0 Å². The summed E-state index contributed by atoms with van der Waals surface area (Å²) in [4.78, 5) is 2.58. The van der Waals surface area contributed by atoms with Crippen molar-refractivity contribution in [3.05, 3.63) is 0 Å². The molecule has 0 radical (unpaired) electrons. The monoisotopic (exact) mass is 238 g/mol. The van der Waals surface area contributed by atoms with Gasteiger partial charge in [0, 0.05) is 32.2 Å². The molecule has 0 aromatic carbocycles. The summed E-state index contributed by atoms with van der Waals surface area (Å²) in [6.45, 7) is 6.96. The van der Waals surface area contributed by atoms with Gasteiger partial charge in [0.2, 0.25) is 0 Å². The highest BCUT2D eigenvalue weighted by molar-refractivity contribution is 4.93. The van der Waals surface area contributed by atoms with Crippen LogP contribution in [0.4, 0.5) is 0 Å². The van der Waals surface area contributed by atoms with E-state index in [1.54, 1.807) is 0 Å². The molecule has 2 saturated heterocycles. The second-order valence-corrected chi connectivity index (χ2v) is 6.28. The molecule has 3 heteroatoms. The van der Waals surface area contributed by atoms with Crippen LogP contribution in [0.3, 0.4) is 0 Å². The zero-order chi connectivity index (χ0) is 11.7. The Kier molecular flexibility index (Phi) is 3.42. The first-order valence-corrected chi connectivity index (χ1v) is 7.39. The van der Waals surface area contributed by atoms with Crippen molar-refractivity contribution in [2.24, 2.45) is 0 Å². The summed E-state index contributed by atoms with van der Waals surface area (Å²) in [5.74, 6) is 0. The van der Waals surface area contributed by atoms with Gasteiger partial charge in [0.15, 0.2) is 0 Å². The molecule has 1 N–H and O–H groups in total. The molecule has 2 heterocycles. The third-order valence-corrected chi connectivity index (χ3v) is 4.77. The molecule has 2 atom stereocenters. The van der Waals surface area contributed by atoms with Gasteiger partial charge < -0.3 is 10.1 Å². The van der Waals surface area contributed by atoms with Crippen LogP contribution in [0.15, 0.2) is 0 Å². The summed E-state index contributed by atoms with van der Waals surface area (Å²) in [5, 5.41) is 3.50. The Balaban J connectivity index is 1.50. The van der Waals surface area contributed by atoms with Crippen molar-refractivity contribution in [2.45, 2.75) is 63.2 Å². The van der Waals surface area contributed by atoms with Crippen LogP contribution in [0.1, 0.15) is 45.4 Å².